The first-order valence-electron chi connectivity index (χ1n) is 12.9. The average molecular weight is 502 g/mol. The van der Waals surface area contributed by atoms with Gasteiger partial charge in [-0.3, -0.25) is 0 Å². The van der Waals surface area contributed by atoms with Crippen LogP contribution in [0.4, 0.5) is 0 Å². The minimum absolute atomic E-state index is 0.577. The van der Waals surface area contributed by atoms with Gasteiger partial charge in [-0.1, -0.05) is 103 Å². The smallest absolute Gasteiger partial charge is 0.227 e. The number of oxazole rings is 1. The predicted octanol–water partition coefficient (Wildman–Crippen LogP) is 8.95. The summed E-state index contributed by atoms with van der Waals surface area (Å²) in [6.45, 7) is 0. The van der Waals surface area contributed by atoms with Crippen LogP contribution in [0.3, 0.4) is 0 Å². The molecule has 0 radical (unpaired) electrons. The summed E-state index contributed by atoms with van der Waals surface area (Å²) in [5.74, 6) is 1.22. The van der Waals surface area contributed by atoms with Gasteiger partial charge in [-0.2, -0.15) is 0 Å². The first kappa shape index (κ1) is 22.8. The molecule has 0 atom stereocenters. The number of hydrogen-bond donors (Lipinski definition) is 0. The fourth-order valence-electron chi connectivity index (χ4n) is 4.76. The quantitative estimate of drug-likeness (QED) is 0.236. The number of aromatic nitrogens is 3. The lowest BCUT2D eigenvalue weighted by Crippen LogP contribution is -1.96. The Labute approximate surface area is 226 Å². The molecule has 0 aliphatic heterocycles. The zero-order valence-electron chi connectivity index (χ0n) is 21.0. The van der Waals surface area contributed by atoms with Crippen LogP contribution < -0.4 is 0 Å². The van der Waals surface area contributed by atoms with Crippen molar-refractivity contribution >= 4 is 11.1 Å². The van der Waals surface area contributed by atoms with E-state index in [2.05, 4.69) is 71.7 Å². The molecule has 0 spiro atoms. The van der Waals surface area contributed by atoms with Gasteiger partial charge in [0.25, 0.3) is 0 Å². The molecular formula is C35H23N3O. The lowest BCUT2D eigenvalue weighted by atomic mass is 10.0. The monoisotopic (exact) mass is 501 g/mol. The van der Waals surface area contributed by atoms with Crippen LogP contribution in [-0.2, 0) is 0 Å². The molecule has 5 aromatic carbocycles. The van der Waals surface area contributed by atoms with Gasteiger partial charge in [-0.05, 0) is 47.5 Å². The van der Waals surface area contributed by atoms with Gasteiger partial charge in [0.1, 0.15) is 5.52 Å². The van der Waals surface area contributed by atoms with Crippen molar-refractivity contribution in [2.75, 3.05) is 0 Å². The summed E-state index contributed by atoms with van der Waals surface area (Å²) in [7, 11) is 0. The highest BCUT2D eigenvalue weighted by Crippen LogP contribution is 2.32. The summed E-state index contributed by atoms with van der Waals surface area (Å²) in [4.78, 5) is 14.7. The van der Waals surface area contributed by atoms with E-state index in [1.165, 1.54) is 5.56 Å². The molecule has 4 nitrogen and oxygen atoms in total. The Balaban J connectivity index is 1.36. The summed E-state index contributed by atoms with van der Waals surface area (Å²) in [5, 5.41) is 0. The molecule has 0 saturated carbocycles. The molecule has 0 saturated heterocycles. The van der Waals surface area contributed by atoms with Gasteiger partial charge in [0.05, 0.1) is 11.4 Å². The maximum absolute atomic E-state index is 6.03. The number of hydrogen-bond acceptors (Lipinski definition) is 4. The van der Waals surface area contributed by atoms with Gasteiger partial charge in [-0.15, -0.1) is 0 Å². The molecule has 0 bridgehead atoms. The maximum atomic E-state index is 6.03. The van der Waals surface area contributed by atoms with E-state index in [0.29, 0.717) is 11.7 Å². The highest BCUT2D eigenvalue weighted by atomic mass is 16.3. The van der Waals surface area contributed by atoms with E-state index in [9.17, 15) is 0 Å². The molecule has 7 rings (SSSR count). The van der Waals surface area contributed by atoms with Gasteiger partial charge in [0.2, 0.25) is 5.89 Å². The molecule has 0 aliphatic carbocycles. The number of rotatable bonds is 5. The van der Waals surface area contributed by atoms with Crippen LogP contribution in [0.25, 0.3) is 67.6 Å². The highest BCUT2D eigenvalue weighted by Gasteiger charge is 2.14. The van der Waals surface area contributed by atoms with Crippen molar-refractivity contribution in [3.8, 4) is 56.5 Å². The molecule has 0 unspecified atom stereocenters. The number of fused-ring (bicyclic) bond motifs is 1. The summed E-state index contributed by atoms with van der Waals surface area (Å²) in [5.41, 5.74) is 9.50. The maximum Gasteiger partial charge on any atom is 0.227 e. The second-order valence-electron chi connectivity index (χ2n) is 9.34. The van der Waals surface area contributed by atoms with Crippen molar-refractivity contribution in [3.63, 3.8) is 0 Å². The Hall–Kier alpha value is -5.35. The van der Waals surface area contributed by atoms with E-state index >= 15 is 0 Å². The zero-order valence-corrected chi connectivity index (χ0v) is 21.0. The third kappa shape index (κ3) is 4.60. The van der Waals surface area contributed by atoms with E-state index in [-0.39, 0.29) is 0 Å². The lowest BCUT2D eigenvalue weighted by Gasteiger charge is -2.11. The first-order valence-corrected chi connectivity index (χ1v) is 12.9. The summed E-state index contributed by atoms with van der Waals surface area (Å²) in [6.07, 6.45) is 0. The summed E-state index contributed by atoms with van der Waals surface area (Å²) in [6, 6.07) is 47.0. The van der Waals surface area contributed by atoms with Crippen LogP contribution in [0.15, 0.2) is 144 Å². The molecular weight excluding hydrogens is 478 g/mol. The Bertz CT molecular complexity index is 1880. The van der Waals surface area contributed by atoms with Crippen LogP contribution >= 0.6 is 0 Å². The largest absolute Gasteiger partial charge is 0.436 e. The van der Waals surface area contributed by atoms with Crippen LogP contribution in [0.1, 0.15) is 0 Å². The summed E-state index contributed by atoms with van der Waals surface area (Å²) < 4.78 is 6.03. The predicted molar refractivity (Wildman–Crippen MR) is 157 cm³/mol. The van der Waals surface area contributed by atoms with Crippen LogP contribution in [0, 0.1) is 0 Å². The van der Waals surface area contributed by atoms with Gasteiger partial charge in [-0.25, -0.2) is 15.0 Å². The molecule has 2 heterocycles. The van der Waals surface area contributed by atoms with E-state index in [1.54, 1.807) is 0 Å². The van der Waals surface area contributed by atoms with E-state index < -0.39 is 0 Å². The average Bonchev–Trinajstić information content (AvgIpc) is 3.47. The first-order chi connectivity index (χ1) is 19.3. The number of para-hydroxylation sites is 2. The van der Waals surface area contributed by atoms with Crippen molar-refractivity contribution in [1.29, 1.82) is 0 Å². The van der Waals surface area contributed by atoms with Crippen LogP contribution in [0.2, 0.25) is 0 Å². The van der Waals surface area contributed by atoms with Crippen LogP contribution in [-0.4, -0.2) is 15.0 Å². The third-order valence-electron chi connectivity index (χ3n) is 6.72. The Kier molecular flexibility index (Phi) is 5.76. The molecule has 0 aliphatic rings. The van der Waals surface area contributed by atoms with Crippen LogP contribution in [0.5, 0.6) is 0 Å². The molecule has 184 valence electrons. The van der Waals surface area contributed by atoms with Gasteiger partial charge < -0.3 is 4.42 Å². The standard InChI is InChI=1S/C35H23N3O/c1-3-11-24(12-4-1)26-15-9-16-27(21-26)32-23-31(25-13-5-2-6-14-25)36-34(37-32)28-17-10-18-29(22-28)35-38-30-19-7-8-20-33(30)39-35/h1-23H. The molecule has 39 heavy (non-hydrogen) atoms. The fourth-order valence-corrected chi connectivity index (χ4v) is 4.76. The summed E-state index contributed by atoms with van der Waals surface area (Å²) >= 11 is 0. The van der Waals surface area contributed by atoms with Crippen molar-refractivity contribution in [1.82, 2.24) is 15.0 Å². The van der Waals surface area contributed by atoms with Gasteiger partial charge >= 0.3 is 0 Å². The van der Waals surface area contributed by atoms with E-state index in [4.69, 9.17) is 14.4 Å². The van der Waals surface area contributed by atoms with Gasteiger partial charge in [0, 0.05) is 22.3 Å². The molecule has 4 heteroatoms. The van der Waals surface area contributed by atoms with Crippen molar-refractivity contribution < 1.29 is 4.42 Å². The molecule has 7 aromatic rings. The number of benzene rings is 5. The van der Waals surface area contributed by atoms with Gasteiger partial charge in [0.15, 0.2) is 11.4 Å². The topological polar surface area (TPSA) is 51.8 Å². The normalized spacial score (nSPS) is 11.1. The second kappa shape index (κ2) is 9.84. The minimum Gasteiger partial charge on any atom is -0.436 e. The van der Waals surface area contributed by atoms with Crippen molar-refractivity contribution in [2.24, 2.45) is 0 Å². The second-order valence-corrected chi connectivity index (χ2v) is 9.34. The highest BCUT2D eigenvalue weighted by molar-refractivity contribution is 5.78. The van der Waals surface area contributed by atoms with Crippen molar-refractivity contribution in [3.05, 3.63) is 140 Å². The Morgan fingerprint density at radius 1 is 0.385 bits per heavy atom. The lowest BCUT2D eigenvalue weighted by molar-refractivity contribution is 0.620. The van der Waals surface area contributed by atoms with Crippen molar-refractivity contribution in [2.45, 2.75) is 0 Å². The van der Waals surface area contributed by atoms with E-state index in [0.717, 1.165) is 50.3 Å². The van der Waals surface area contributed by atoms with E-state index in [1.807, 2.05) is 72.8 Å². The Morgan fingerprint density at radius 3 is 1.72 bits per heavy atom. The molecule has 0 amide bonds. The SMILES string of the molecule is c1ccc(-c2cccc(-c3cc(-c4ccccc4)nc(-c4cccc(-c5nc6ccccc6o5)c4)n3)c2)cc1. The zero-order chi connectivity index (χ0) is 26.0. The fraction of sp³-hybridized carbons (Fsp3) is 0. The third-order valence-corrected chi connectivity index (χ3v) is 6.72. The minimum atomic E-state index is 0.577. The molecule has 2 aromatic heterocycles. The Morgan fingerprint density at radius 2 is 0.949 bits per heavy atom. The number of nitrogens with zero attached hydrogens (tertiary/aromatic N) is 3. The molecule has 0 N–H and O–H groups in total. The molecule has 0 fully saturated rings.